The molecule has 102 valence electrons. The van der Waals surface area contributed by atoms with Gasteiger partial charge in [-0.1, -0.05) is 30.3 Å². The first-order valence-corrected chi connectivity index (χ1v) is 6.86. The van der Waals surface area contributed by atoms with Gasteiger partial charge >= 0.3 is 0 Å². The predicted molar refractivity (Wildman–Crippen MR) is 86.1 cm³/mol. The monoisotopic (exact) mass is 274 g/mol. The summed E-state index contributed by atoms with van der Waals surface area (Å²) in [6, 6.07) is 18.2. The van der Waals surface area contributed by atoms with Gasteiger partial charge in [0.25, 0.3) is 0 Å². The molecular formula is C18H14N2O. The van der Waals surface area contributed by atoms with E-state index in [-0.39, 0.29) is 0 Å². The fourth-order valence-electron chi connectivity index (χ4n) is 2.67. The van der Waals surface area contributed by atoms with Crippen LogP contribution in [0.4, 0.5) is 5.69 Å². The number of oxazole rings is 1. The van der Waals surface area contributed by atoms with Crippen LogP contribution in [-0.2, 0) is 0 Å². The van der Waals surface area contributed by atoms with Gasteiger partial charge in [0.2, 0.25) is 5.89 Å². The molecular weight excluding hydrogens is 260 g/mol. The van der Waals surface area contributed by atoms with Crippen LogP contribution >= 0.6 is 0 Å². The van der Waals surface area contributed by atoms with Gasteiger partial charge in [0.1, 0.15) is 5.52 Å². The first-order chi connectivity index (χ1) is 10.2. The van der Waals surface area contributed by atoms with Crippen molar-refractivity contribution < 1.29 is 4.42 Å². The molecule has 0 saturated carbocycles. The average molecular weight is 274 g/mol. The predicted octanol–water partition coefficient (Wildman–Crippen LogP) is 4.54. The second kappa shape index (κ2) is 4.35. The first-order valence-electron chi connectivity index (χ1n) is 6.86. The topological polar surface area (TPSA) is 52.0 Å². The standard InChI is InChI=1S/C18H14N2O/c1-11-8-15(19)10-16-17(11)21-18(20-16)14-7-6-12-4-2-3-5-13(12)9-14/h2-10H,19H2,1H3. The van der Waals surface area contributed by atoms with Crippen molar-refractivity contribution >= 4 is 27.6 Å². The Bertz CT molecular complexity index is 969. The number of hydrogen-bond acceptors (Lipinski definition) is 3. The van der Waals surface area contributed by atoms with Crippen molar-refractivity contribution in [3.05, 3.63) is 60.2 Å². The second-order valence-corrected chi connectivity index (χ2v) is 5.27. The Kier molecular flexibility index (Phi) is 2.48. The molecule has 1 heterocycles. The fourth-order valence-corrected chi connectivity index (χ4v) is 2.67. The highest BCUT2D eigenvalue weighted by molar-refractivity contribution is 5.88. The molecule has 1 aromatic heterocycles. The third kappa shape index (κ3) is 1.94. The number of aromatic nitrogens is 1. The maximum atomic E-state index is 5.92. The van der Waals surface area contributed by atoms with Crippen molar-refractivity contribution in [2.24, 2.45) is 0 Å². The molecule has 0 amide bonds. The molecule has 0 aliphatic heterocycles. The van der Waals surface area contributed by atoms with E-state index in [0.29, 0.717) is 11.6 Å². The Morgan fingerprint density at radius 1 is 0.952 bits per heavy atom. The first kappa shape index (κ1) is 12.0. The van der Waals surface area contributed by atoms with Crippen LogP contribution in [0.15, 0.2) is 59.0 Å². The van der Waals surface area contributed by atoms with Crippen LogP contribution in [0.1, 0.15) is 5.56 Å². The van der Waals surface area contributed by atoms with E-state index >= 15 is 0 Å². The van der Waals surface area contributed by atoms with Crippen LogP contribution in [0, 0.1) is 6.92 Å². The number of nitrogens with zero attached hydrogens (tertiary/aromatic N) is 1. The molecule has 0 aliphatic carbocycles. The summed E-state index contributed by atoms with van der Waals surface area (Å²) in [7, 11) is 0. The average Bonchev–Trinajstić information content (AvgIpc) is 2.91. The van der Waals surface area contributed by atoms with Crippen molar-refractivity contribution in [2.45, 2.75) is 6.92 Å². The molecule has 21 heavy (non-hydrogen) atoms. The van der Waals surface area contributed by atoms with Gasteiger partial charge in [-0.05, 0) is 47.5 Å². The third-order valence-electron chi connectivity index (χ3n) is 3.69. The van der Waals surface area contributed by atoms with E-state index < -0.39 is 0 Å². The fraction of sp³-hybridized carbons (Fsp3) is 0.0556. The molecule has 0 aliphatic rings. The van der Waals surface area contributed by atoms with Crippen LogP contribution < -0.4 is 5.73 Å². The minimum atomic E-state index is 0.629. The summed E-state index contributed by atoms with van der Waals surface area (Å²) < 4.78 is 5.92. The summed E-state index contributed by atoms with van der Waals surface area (Å²) in [5, 5.41) is 2.38. The molecule has 0 fully saturated rings. The third-order valence-corrected chi connectivity index (χ3v) is 3.69. The number of nitrogen functional groups attached to an aromatic ring is 1. The molecule has 0 atom stereocenters. The summed E-state index contributed by atoms with van der Waals surface area (Å²) in [5.74, 6) is 0.629. The van der Waals surface area contributed by atoms with Crippen LogP contribution in [0.25, 0.3) is 33.3 Å². The van der Waals surface area contributed by atoms with Gasteiger partial charge in [-0.3, -0.25) is 0 Å². The molecule has 0 bridgehead atoms. The number of aryl methyl sites for hydroxylation is 1. The summed E-state index contributed by atoms with van der Waals surface area (Å²) in [6.45, 7) is 1.98. The number of anilines is 1. The number of rotatable bonds is 1. The summed E-state index contributed by atoms with van der Waals surface area (Å²) in [5.41, 5.74) is 10.2. The lowest BCUT2D eigenvalue weighted by molar-refractivity contribution is 0.617. The maximum absolute atomic E-state index is 5.92. The second-order valence-electron chi connectivity index (χ2n) is 5.27. The highest BCUT2D eigenvalue weighted by atomic mass is 16.3. The zero-order chi connectivity index (χ0) is 14.4. The summed E-state index contributed by atoms with van der Waals surface area (Å²) in [4.78, 5) is 4.56. The molecule has 0 unspecified atom stereocenters. The minimum Gasteiger partial charge on any atom is -0.436 e. The van der Waals surface area contributed by atoms with E-state index in [4.69, 9.17) is 10.2 Å². The number of nitrogens with two attached hydrogens (primary N) is 1. The van der Waals surface area contributed by atoms with Gasteiger partial charge in [-0.25, -0.2) is 4.98 Å². The van der Waals surface area contributed by atoms with Gasteiger partial charge in [0.15, 0.2) is 5.58 Å². The van der Waals surface area contributed by atoms with Crippen molar-refractivity contribution in [1.82, 2.24) is 4.98 Å². The van der Waals surface area contributed by atoms with Crippen LogP contribution in [-0.4, -0.2) is 4.98 Å². The van der Waals surface area contributed by atoms with Gasteiger partial charge in [0, 0.05) is 11.3 Å². The van der Waals surface area contributed by atoms with E-state index in [1.807, 2.05) is 37.3 Å². The maximum Gasteiger partial charge on any atom is 0.227 e. The van der Waals surface area contributed by atoms with Crippen molar-refractivity contribution in [3.63, 3.8) is 0 Å². The van der Waals surface area contributed by atoms with Gasteiger partial charge in [-0.2, -0.15) is 0 Å². The molecule has 0 spiro atoms. The normalized spacial score (nSPS) is 11.3. The number of fused-ring (bicyclic) bond motifs is 2. The lowest BCUT2D eigenvalue weighted by Gasteiger charge is -1.99. The number of benzene rings is 3. The van der Waals surface area contributed by atoms with E-state index in [2.05, 4.69) is 29.2 Å². The Balaban J connectivity index is 1.93. The Morgan fingerprint density at radius 3 is 2.62 bits per heavy atom. The Morgan fingerprint density at radius 2 is 1.76 bits per heavy atom. The van der Waals surface area contributed by atoms with Crippen LogP contribution in [0.2, 0.25) is 0 Å². The zero-order valence-corrected chi connectivity index (χ0v) is 11.6. The van der Waals surface area contributed by atoms with Crippen molar-refractivity contribution in [1.29, 1.82) is 0 Å². The van der Waals surface area contributed by atoms with Gasteiger partial charge in [0.05, 0.1) is 0 Å². The van der Waals surface area contributed by atoms with Crippen LogP contribution in [0.5, 0.6) is 0 Å². The molecule has 3 nitrogen and oxygen atoms in total. The molecule has 0 saturated heterocycles. The SMILES string of the molecule is Cc1cc(N)cc2nc(-c3ccc4ccccc4c3)oc12. The quantitative estimate of drug-likeness (QED) is 0.518. The van der Waals surface area contributed by atoms with Crippen molar-refractivity contribution in [3.8, 4) is 11.5 Å². The molecule has 4 aromatic rings. The zero-order valence-electron chi connectivity index (χ0n) is 11.6. The smallest absolute Gasteiger partial charge is 0.227 e. The van der Waals surface area contributed by atoms with E-state index in [0.717, 1.165) is 22.2 Å². The molecule has 0 radical (unpaired) electrons. The van der Waals surface area contributed by atoms with E-state index in [9.17, 15) is 0 Å². The van der Waals surface area contributed by atoms with Gasteiger partial charge < -0.3 is 10.2 Å². The Labute approximate surface area is 122 Å². The lowest BCUT2D eigenvalue weighted by atomic mass is 10.1. The van der Waals surface area contributed by atoms with Gasteiger partial charge in [-0.15, -0.1) is 0 Å². The lowest BCUT2D eigenvalue weighted by Crippen LogP contribution is -1.85. The van der Waals surface area contributed by atoms with E-state index in [1.54, 1.807) is 0 Å². The molecule has 4 rings (SSSR count). The number of hydrogen-bond donors (Lipinski definition) is 1. The van der Waals surface area contributed by atoms with Crippen LogP contribution in [0.3, 0.4) is 0 Å². The largest absolute Gasteiger partial charge is 0.436 e. The molecule has 3 aromatic carbocycles. The van der Waals surface area contributed by atoms with E-state index in [1.165, 1.54) is 10.8 Å². The molecule has 3 heteroatoms. The summed E-state index contributed by atoms with van der Waals surface area (Å²) >= 11 is 0. The van der Waals surface area contributed by atoms with Crippen molar-refractivity contribution in [2.75, 3.05) is 5.73 Å². The Hall–Kier alpha value is -2.81. The summed E-state index contributed by atoms with van der Waals surface area (Å²) in [6.07, 6.45) is 0. The minimum absolute atomic E-state index is 0.629. The molecule has 2 N–H and O–H groups in total. The highest BCUT2D eigenvalue weighted by Crippen LogP contribution is 2.29. The highest BCUT2D eigenvalue weighted by Gasteiger charge is 2.11.